The molecule has 2 heterocycles. The number of aliphatic imine (C=N–C) groups is 1. The van der Waals surface area contributed by atoms with Crippen molar-refractivity contribution in [1.82, 2.24) is 20.6 Å². The second-order valence-corrected chi connectivity index (χ2v) is 9.16. The fraction of sp³-hybridized carbons (Fsp3) is 0.0417. The number of alkyl halides is 1. The SMILES string of the molecule is O=C(NN1C(c2cccc([N+](=O)[O-])c2)=Nc2c(-c3ccccc3)n[nH]c2C1I)c1ccccc1Cl. The quantitative estimate of drug-likeness (QED) is 0.0989. The normalized spacial score (nSPS) is 14.7. The Bertz CT molecular complexity index is 1470. The van der Waals surface area contributed by atoms with Gasteiger partial charge < -0.3 is 0 Å². The van der Waals surface area contributed by atoms with Gasteiger partial charge in [0.25, 0.3) is 11.6 Å². The summed E-state index contributed by atoms with van der Waals surface area (Å²) >= 11 is 8.39. The maximum atomic E-state index is 13.1. The van der Waals surface area contributed by atoms with Crippen molar-refractivity contribution in [3.63, 3.8) is 0 Å². The number of carbonyl (C=O) groups is 1. The van der Waals surface area contributed by atoms with Crippen LogP contribution in [-0.4, -0.2) is 31.9 Å². The second-order valence-electron chi connectivity index (χ2n) is 7.57. The number of carbonyl (C=O) groups excluding carboxylic acids is 1. The molecule has 0 radical (unpaired) electrons. The summed E-state index contributed by atoms with van der Waals surface area (Å²) in [4.78, 5) is 28.9. The average Bonchev–Trinajstić information content (AvgIpc) is 3.30. The highest BCUT2D eigenvalue weighted by Gasteiger charge is 2.35. The molecule has 3 aromatic carbocycles. The van der Waals surface area contributed by atoms with E-state index in [0.29, 0.717) is 33.5 Å². The van der Waals surface area contributed by atoms with Gasteiger partial charge in [-0.2, -0.15) is 5.10 Å². The first-order valence-corrected chi connectivity index (χ1v) is 12.0. The number of nitrogens with one attached hydrogen (secondary N) is 2. The van der Waals surface area contributed by atoms with Crippen molar-refractivity contribution in [3.05, 3.63) is 111 Å². The van der Waals surface area contributed by atoms with Crippen molar-refractivity contribution < 1.29 is 9.72 Å². The number of hydrazine groups is 1. The third kappa shape index (κ3) is 4.37. The van der Waals surface area contributed by atoms with E-state index in [1.807, 2.05) is 30.3 Å². The Kier molecular flexibility index (Phi) is 6.22. The number of fused-ring (bicyclic) bond motifs is 1. The maximum Gasteiger partial charge on any atom is 0.271 e. The van der Waals surface area contributed by atoms with Gasteiger partial charge in [-0.05, 0) is 34.7 Å². The first-order chi connectivity index (χ1) is 16.9. The van der Waals surface area contributed by atoms with Crippen LogP contribution in [0.2, 0.25) is 5.02 Å². The van der Waals surface area contributed by atoms with Crippen LogP contribution in [0.3, 0.4) is 0 Å². The van der Waals surface area contributed by atoms with Crippen LogP contribution in [-0.2, 0) is 0 Å². The van der Waals surface area contributed by atoms with Crippen LogP contribution in [0.25, 0.3) is 11.3 Å². The highest BCUT2D eigenvalue weighted by molar-refractivity contribution is 14.1. The Morgan fingerprint density at radius 3 is 2.51 bits per heavy atom. The van der Waals surface area contributed by atoms with Crippen molar-refractivity contribution in [2.24, 2.45) is 4.99 Å². The molecule has 2 N–H and O–H groups in total. The Balaban J connectivity index is 1.63. The number of aromatic amines is 1. The predicted molar refractivity (Wildman–Crippen MR) is 141 cm³/mol. The fourth-order valence-electron chi connectivity index (χ4n) is 3.71. The monoisotopic (exact) mass is 598 g/mol. The van der Waals surface area contributed by atoms with Crippen molar-refractivity contribution >= 4 is 57.3 Å². The standard InChI is InChI=1S/C24H16ClIN6O3/c25-18-12-5-4-11-17(18)24(33)30-31-22(26)21-20(19(28-29-21)14-7-2-1-3-8-14)27-23(31)15-9-6-10-16(13-15)32(34)35/h1-13,22H,(H,28,29)(H,30,33). The van der Waals surface area contributed by atoms with Gasteiger partial charge >= 0.3 is 0 Å². The highest BCUT2D eigenvalue weighted by Crippen LogP contribution is 2.43. The number of amides is 1. The lowest BCUT2D eigenvalue weighted by Gasteiger charge is -2.33. The van der Waals surface area contributed by atoms with E-state index in [-0.39, 0.29) is 11.3 Å². The number of hydrogen-bond donors (Lipinski definition) is 2. The molecule has 0 saturated carbocycles. The summed E-state index contributed by atoms with van der Waals surface area (Å²) in [5.74, 6) is -0.110. The predicted octanol–water partition coefficient (Wildman–Crippen LogP) is 5.81. The number of amidine groups is 1. The van der Waals surface area contributed by atoms with Gasteiger partial charge in [0.2, 0.25) is 0 Å². The molecular weight excluding hydrogens is 583 g/mol. The third-order valence-electron chi connectivity index (χ3n) is 5.38. The minimum atomic E-state index is -0.472. The molecule has 1 aliphatic rings. The molecule has 0 saturated heterocycles. The number of halogens is 2. The fourth-order valence-corrected chi connectivity index (χ4v) is 4.77. The van der Waals surface area contributed by atoms with Crippen LogP contribution >= 0.6 is 34.2 Å². The third-order valence-corrected chi connectivity index (χ3v) is 6.89. The van der Waals surface area contributed by atoms with E-state index in [1.165, 1.54) is 12.1 Å². The lowest BCUT2D eigenvalue weighted by atomic mass is 10.1. The molecule has 1 atom stereocenters. The van der Waals surface area contributed by atoms with Gasteiger partial charge in [-0.3, -0.25) is 25.4 Å². The zero-order valence-corrected chi connectivity index (χ0v) is 20.8. The number of nitro benzene ring substituents is 1. The van der Waals surface area contributed by atoms with Crippen molar-refractivity contribution in [1.29, 1.82) is 0 Å². The smallest absolute Gasteiger partial charge is 0.271 e. The van der Waals surface area contributed by atoms with Crippen LogP contribution in [0.1, 0.15) is 25.7 Å². The van der Waals surface area contributed by atoms with E-state index in [4.69, 9.17) is 16.6 Å². The molecule has 1 aromatic heterocycles. The number of nitrogens with zero attached hydrogens (tertiary/aromatic N) is 4. The zero-order valence-electron chi connectivity index (χ0n) is 17.9. The summed E-state index contributed by atoms with van der Waals surface area (Å²) in [5.41, 5.74) is 6.31. The largest absolute Gasteiger partial charge is 0.277 e. The number of non-ortho nitro benzene ring substituents is 1. The molecular formula is C24H16ClIN6O3. The number of aromatic nitrogens is 2. The maximum absolute atomic E-state index is 13.1. The van der Waals surface area contributed by atoms with Gasteiger partial charge in [-0.1, -0.05) is 66.2 Å². The van der Waals surface area contributed by atoms with E-state index < -0.39 is 14.9 Å². The van der Waals surface area contributed by atoms with Gasteiger partial charge in [0.15, 0.2) is 5.84 Å². The molecule has 0 aliphatic carbocycles. The molecule has 9 nitrogen and oxygen atoms in total. The summed E-state index contributed by atoms with van der Waals surface area (Å²) in [5, 5.41) is 20.8. The van der Waals surface area contributed by atoms with Crippen molar-refractivity contribution in [3.8, 4) is 11.3 Å². The topological polar surface area (TPSA) is 117 Å². The zero-order chi connectivity index (χ0) is 24.5. The van der Waals surface area contributed by atoms with Crippen molar-refractivity contribution in [2.75, 3.05) is 0 Å². The second kappa shape index (κ2) is 9.47. The highest BCUT2D eigenvalue weighted by atomic mass is 127. The summed E-state index contributed by atoms with van der Waals surface area (Å²) in [6.45, 7) is 0. The summed E-state index contributed by atoms with van der Waals surface area (Å²) in [6, 6.07) is 22.4. The van der Waals surface area contributed by atoms with E-state index in [1.54, 1.807) is 41.4 Å². The molecule has 174 valence electrons. The van der Waals surface area contributed by atoms with Crippen LogP contribution in [0, 0.1) is 10.1 Å². The van der Waals surface area contributed by atoms with Crippen LogP contribution in [0.5, 0.6) is 0 Å². The summed E-state index contributed by atoms with van der Waals surface area (Å²) in [7, 11) is 0. The number of H-pyrrole nitrogens is 1. The average molecular weight is 599 g/mol. The Labute approximate surface area is 218 Å². The number of hydrogen-bond acceptors (Lipinski definition) is 6. The number of nitro groups is 1. The first kappa shape index (κ1) is 23.0. The van der Waals surface area contributed by atoms with Gasteiger partial charge in [0.05, 0.1) is 21.2 Å². The Morgan fingerprint density at radius 2 is 1.77 bits per heavy atom. The van der Waals surface area contributed by atoms with E-state index in [0.717, 1.165) is 5.56 Å². The van der Waals surface area contributed by atoms with Crippen molar-refractivity contribution in [2.45, 2.75) is 4.05 Å². The lowest BCUT2D eigenvalue weighted by Crippen LogP contribution is -2.48. The van der Waals surface area contributed by atoms with Gasteiger partial charge in [-0.25, -0.2) is 10.0 Å². The van der Waals surface area contributed by atoms with E-state index in [2.05, 4.69) is 38.2 Å². The van der Waals surface area contributed by atoms with Crippen LogP contribution in [0.4, 0.5) is 11.4 Å². The van der Waals surface area contributed by atoms with Crippen LogP contribution in [0.15, 0.2) is 83.9 Å². The number of benzene rings is 3. The molecule has 5 rings (SSSR count). The minimum absolute atomic E-state index is 0.0890. The molecule has 35 heavy (non-hydrogen) atoms. The molecule has 11 heteroatoms. The van der Waals surface area contributed by atoms with Gasteiger partial charge in [0.1, 0.15) is 15.4 Å². The summed E-state index contributed by atoms with van der Waals surface area (Å²) < 4.78 is -0.453. The lowest BCUT2D eigenvalue weighted by molar-refractivity contribution is -0.384. The molecule has 0 fully saturated rings. The molecule has 4 aromatic rings. The number of rotatable bonds is 5. The minimum Gasteiger partial charge on any atom is -0.277 e. The Morgan fingerprint density at radius 1 is 1.06 bits per heavy atom. The molecule has 1 aliphatic heterocycles. The molecule has 1 unspecified atom stereocenters. The molecule has 1 amide bonds. The van der Waals surface area contributed by atoms with E-state index >= 15 is 0 Å². The van der Waals surface area contributed by atoms with Gasteiger partial charge in [0, 0.05) is 23.3 Å². The van der Waals surface area contributed by atoms with Crippen LogP contribution < -0.4 is 5.43 Å². The van der Waals surface area contributed by atoms with E-state index in [9.17, 15) is 14.9 Å². The molecule has 0 bridgehead atoms. The van der Waals surface area contributed by atoms with Gasteiger partial charge in [-0.15, -0.1) is 0 Å². The Hall–Kier alpha value is -3.77. The summed E-state index contributed by atoms with van der Waals surface area (Å²) in [6.07, 6.45) is 0. The molecule has 0 spiro atoms. The first-order valence-electron chi connectivity index (χ1n) is 10.4.